The molecule has 0 aliphatic carbocycles. The van der Waals surface area contributed by atoms with Crippen molar-refractivity contribution in [2.24, 2.45) is 7.05 Å². The highest BCUT2D eigenvalue weighted by Gasteiger charge is 2.14. The third-order valence-corrected chi connectivity index (χ3v) is 4.46. The molecule has 0 aliphatic rings. The number of ether oxygens (including phenoxy) is 2. The highest BCUT2D eigenvalue weighted by atomic mass is 16.5. The van der Waals surface area contributed by atoms with Crippen LogP contribution in [0.2, 0.25) is 0 Å². The largest absolute Gasteiger partial charge is 0.508 e. The Kier molecular flexibility index (Phi) is 5.98. The number of benzene rings is 2. The lowest BCUT2D eigenvalue weighted by Gasteiger charge is -2.14. The number of para-hydroxylation sites is 1. The second kappa shape index (κ2) is 8.60. The van der Waals surface area contributed by atoms with Gasteiger partial charge in [-0.2, -0.15) is 0 Å². The van der Waals surface area contributed by atoms with E-state index in [-0.39, 0.29) is 0 Å². The minimum absolute atomic E-state index is 0.309. The van der Waals surface area contributed by atoms with Crippen molar-refractivity contribution < 1.29 is 14.6 Å². The third kappa shape index (κ3) is 4.41. The number of methoxy groups -OCH3 is 2. The molecule has 0 fully saturated rings. The Morgan fingerprint density at radius 3 is 2.52 bits per heavy atom. The van der Waals surface area contributed by atoms with Crippen LogP contribution >= 0.6 is 0 Å². The van der Waals surface area contributed by atoms with Gasteiger partial charge in [0.15, 0.2) is 0 Å². The van der Waals surface area contributed by atoms with Gasteiger partial charge in [0.1, 0.15) is 17.2 Å². The molecule has 27 heavy (non-hydrogen) atoms. The van der Waals surface area contributed by atoms with Gasteiger partial charge in [0.05, 0.1) is 26.2 Å². The van der Waals surface area contributed by atoms with Crippen molar-refractivity contribution in [3.63, 3.8) is 0 Å². The first-order valence-electron chi connectivity index (χ1n) is 8.83. The van der Waals surface area contributed by atoms with E-state index < -0.39 is 0 Å². The van der Waals surface area contributed by atoms with Crippen LogP contribution in [0.1, 0.15) is 11.1 Å². The molecule has 0 amide bonds. The van der Waals surface area contributed by atoms with E-state index in [0.29, 0.717) is 12.3 Å². The summed E-state index contributed by atoms with van der Waals surface area (Å²) in [5.74, 6) is 1.88. The number of rotatable bonds is 8. The zero-order valence-corrected chi connectivity index (χ0v) is 15.9. The number of aromatic hydroxyl groups is 1. The van der Waals surface area contributed by atoms with Gasteiger partial charge in [-0.25, -0.2) is 4.98 Å². The highest BCUT2D eigenvalue weighted by molar-refractivity contribution is 5.70. The molecule has 6 heteroatoms. The number of aromatic nitrogens is 2. The fraction of sp³-hybridized carbons (Fsp3) is 0.286. The Bertz CT molecular complexity index is 905. The summed E-state index contributed by atoms with van der Waals surface area (Å²) in [6, 6.07) is 11.3. The molecule has 0 saturated carbocycles. The number of aryl methyl sites for hydroxylation is 1. The van der Waals surface area contributed by atoms with Crippen LogP contribution in [0.4, 0.5) is 0 Å². The molecule has 1 heterocycles. The maximum atomic E-state index is 9.83. The minimum Gasteiger partial charge on any atom is -0.508 e. The summed E-state index contributed by atoms with van der Waals surface area (Å²) < 4.78 is 13.1. The van der Waals surface area contributed by atoms with Crippen molar-refractivity contribution in [1.29, 1.82) is 0 Å². The second-order valence-electron chi connectivity index (χ2n) is 6.34. The summed E-state index contributed by atoms with van der Waals surface area (Å²) in [6.07, 6.45) is 4.48. The van der Waals surface area contributed by atoms with Crippen molar-refractivity contribution in [3.8, 4) is 28.5 Å². The Hall–Kier alpha value is -2.99. The van der Waals surface area contributed by atoms with E-state index in [9.17, 15) is 5.11 Å². The quantitative estimate of drug-likeness (QED) is 0.599. The van der Waals surface area contributed by atoms with Crippen LogP contribution in [0.15, 0.2) is 48.9 Å². The zero-order valence-electron chi connectivity index (χ0n) is 15.9. The van der Waals surface area contributed by atoms with Gasteiger partial charge in [0, 0.05) is 30.9 Å². The molecule has 3 aromatic rings. The van der Waals surface area contributed by atoms with Crippen molar-refractivity contribution in [1.82, 2.24) is 14.9 Å². The normalized spacial score (nSPS) is 10.8. The van der Waals surface area contributed by atoms with Gasteiger partial charge < -0.3 is 24.5 Å². The highest BCUT2D eigenvalue weighted by Crippen LogP contribution is 2.35. The molecular weight excluding hydrogens is 342 g/mol. The predicted octanol–water partition coefficient (Wildman–Crippen LogP) is 3.14. The van der Waals surface area contributed by atoms with Gasteiger partial charge in [-0.3, -0.25) is 0 Å². The Balaban J connectivity index is 1.72. The van der Waals surface area contributed by atoms with Crippen molar-refractivity contribution >= 4 is 0 Å². The van der Waals surface area contributed by atoms with Crippen LogP contribution in [0.5, 0.6) is 17.2 Å². The lowest BCUT2D eigenvalue weighted by Crippen LogP contribution is -2.17. The van der Waals surface area contributed by atoms with Gasteiger partial charge in [-0.05, 0) is 36.7 Å². The maximum absolute atomic E-state index is 9.83. The average molecular weight is 367 g/mol. The summed E-state index contributed by atoms with van der Waals surface area (Å²) in [7, 11) is 5.27. The first-order chi connectivity index (χ1) is 13.1. The Labute approximate surface area is 159 Å². The number of hydrogen-bond donors (Lipinski definition) is 2. The summed E-state index contributed by atoms with van der Waals surface area (Å²) >= 11 is 0. The average Bonchev–Trinajstić information content (AvgIpc) is 3.12. The molecule has 0 spiro atoms. The lowest BCUT2D eigenvalue weighted by molar-refractivity contribution is 0.399. The van der Waals surface area contributed by atoms with Crippen molar-refractivity contribution in [2.75, 3.05) is 20.8 Å². The summed E-state index contributed by atoms with van der Waals surface area (Å²) in [5, 5.41) is 13.2. The minimum atomic E-state index is 0.309. The fourth-order valence-corrected chi connectivity index (χ4v) is 3.01. The van der Waals surface area contributed by atoms with Crippen LogP contribution in [-0.4, -0.2) is 35.4 Å². The van der Waals surface area contributed by atoms with E-state index in [0.717, 1.165) is 46.8 Å². The second-order valence-corrected chi connectivity index (χ2v) is 6.34. The van der Waals surface area contributed by atoms with E-state index in [1.54, 1.807) is 26.6 Å². The molecule has 0 aliphatic heterocycles. The molecule has 0 radical (unpaired) electrons. The van der Waals surface area contributed by atoms with Crippen molar-refractivity contribution in [2.45, 2.75) is 13.0 Å². The molecule has 0 bridgehead atoms. The fourth-order valence-electron chi connectivity index (χ4n) is 3.01. The standard InChI is InChI=1S/C21H25N3O3/c1-24-13-18(23-14-24)17-11-20(26-2)15(10-21(17)27-3)8-9-22-12-16-6-4-5-7-19(16)25/h4-7,10-11,13-14,22,25H,8-9,12H2,1-3H3. The predicted molar refractivity (Wildman–Crippen MR) is 105 cm³/mol. The summed E-state index contributed by atoms with van der Waals surface area (Å²) in [4.78, 5) is 4.41. The van der Waals surface area contributed by atoms with Gasteiger partial charge in [-0.1, -0.05) is 18.2 Å². The molecule has 0 unspecified atom stereocenters. The van der Waals surface area contributed by atoms with Crippen LogP contribution in [0.3, 0.4) is 0 Å². The van der Waals surface area contributed by atoms with Crippen LogP contribution < -0.4 is 14.8 Å². The molecule has 2 aromatic carbocycles. The first-order valence-corrected chi connectivity index (χ1v) is 8.83. The number of nitrogens with one attached hydrogen (secondary N) is 1. The molecule has 2 N–H and O–H groups in total. The number of imidazole rings is 1. The van der Waals surface area contributed by atoms with Crippen LogP contribution in [-0.2, 0) is 20.0 Å². The molecule has 0 atom stereocenters. The van der Waals surface area contributed by atoms with E-state index in [1.807, 2.05) is 48.1 Å². The van der Waals surface area contributed by atoms with Gasteiger partial charge in [0.2, 0.25) is 0 Å². The van der Waals surface area contributed by atoms with Gasteiger partial charge >= 0.3 is 0 Å². The molecular formula is C21H25N3O3. The molecule has 0 saturated heterocycles. The molecule has 3 rings (SSSR count). The Morgan fingerprint density at radius 1 is 1.07 bits per heavy atom. The van der Waals surface area contributed by atoms with Crippen LogP contribution in [0.25, 0.3) is 11.3 Å². The SMILES string of the molecule is COc1cc(-c2cn(C)cn2)c(OC)cc1CCNCc1ccccc1O. The number of hydrogen-bond acceptors (Lipinski definition) is 5. The third-order valence-electron chi connectivity index (χ3n) is 4.46. The van der Waals surface area contributed by atoms with Gasteiger partial charge in [0.25, 0.3) is 0 Å². The summed E-state index contributed by atoms with van der Waals surface area (Å²) in [6.45, 7) is 1.36. The summed E-state index contributed by atoms with van der Waals surface area (Å²) in [5.41, 5.74) is 3.68. The van der Waals surface area contributed by atoms with E-state index in [4.69, 9.17) is 9.47 Å². The first kappa shape index (κ1) is 18.8. The van der Waals surface area contributed by atoms with E-state index >= 15 is 0 Å². The van der Waals surface area contributed by atoms with Crippen LogP contribution in [0, 0.1) is 0 Å². The number of nitrogens with zero attached hydrogens (tertiary/aromatic N) is 2. The Morgan fingerprint density at radius 2 is 1.85 bits per heavy atom. The smallest absolute Gasteiger partial charge is 0.128 e. The van der Waals surface area contributed by atoms with Gasteiger partial charge in [-0.15, -0.1) is 0 Å². The van der Waals surface area contributed by atoms with Crippen molar-refractivity contribution in [3.05, 3.63) is 60.0 Å². The number of phenols is 1. The monoisotopic (exact) mass is 367 g/mol. The number of phenolic OH excluding ortho intramolecular Hbond substituents is 1. The lowest BCUT2D eigenvalue weighted by atomic mass is 10.0. The molecule has 6 nitrogen and oxygen atoms in total. The van der Waals surface area contributed by atoms with E-state index in [2.05, 4.69) is 10.3 Å². The molecule has 1 aromatic heterocycles. The van der Waals surface area contributed by atoms with E-state index in [1.165, 1.54) is 0 Å². The maximum Gasteiger partial charge on any atom is 0.128 e. The molecule has 142 valence electrons. The topological polar surface area (TPSA) is 68.5 Å². The zero-order chi connectivity index (χ0) is 19.2.